The monoisotopic (exact) mass is 287 g/mol. The number of sulfonamides is 1. The first-order chi connectivity index (χ1) is 8.30. The molecule has 0 aromatic rings. The van der Waals surface area contributed by atoms with Gasteiger partial charge in [-0.15, -0.1) is 0 Å². The molecule has 0 aromatic carbocycles. The molecule has 1 unspecified atom stereocenters. The fraction of sp³-hybridized carbons (Fsp3) is 1.00. The van der Waals surface area contributed by atoms with Crippen molar-refractivity contribution in [2.45, 2.75) is 63.4 Å². The number of unbranched alkanes of at least 4 members (excludes halogenated alkanes) is 5. The molecule has 1 aliphatic rings. The van der Waals surface area contributed by atoms with Crippen molar-refractivity contribution in [3.05, 3.63) is 0 Å². The van der Waals surface area contributed by atoms with Crippen molar-refractivity contribution in [2.24, 2.45) is 0 Å². The number of alkyl halides is 3. The summed E-state index contributed by atoms with van der Waals surface area (Å²) >= 11 is 0. The molecule has 0 bridgehead atoms. The van der Waals surface area contributed by atoms with E-state index in [1.165, 1.54) is 6.42 Å². The molecule has 108 valence electrons. The molecule has 0 aliphatic carbocycles. The molecular formula is C11H20F3NO2S. The van der Waals surface area contributed by atoms with Crippen LogP contribution in [0.2, 0.25) is 0 Å². The molecule has 0 aromatic heterocycles. The van der Waals surface area contributed by atoms with Gasteiger partial charge >= 0.3 is 15.5 Å². The van der Waals surface area contributed by atoms with Crippen LogP contribution in [0, 0.1) is 0 Å². The van der Waals surface area contributed by atoms with Crippen LogP contribution in [0.15, 0.2) is 0 Å². The second-order valence-electron chi connectivity index (χ2n) is 4.73. The second-order valence-corrected chi connectivity index (χ2v) is 6.61. The largest absolute Gasteiger partial charge is 0.511 e. The van der Waals surface area contributed by atoms with Gasteiger partial charge in [0.05, 0.1) is 0 Å². The van der Waals surface area contributed by atoms with Gasteiger partial charge < -0.3 is 0 Å². The van der Waals surface area contributed by atoms with E-state index >= 15 is 0 Å². The first-order valence-electron chi connectivity index (χ1n) is 6.39. The maximum Gasteiger partial charge on any atom is 0.511 e. The van der Waals surface area contributed by atoms with E-state index in [1.54, 1.807) is 0 Å². The minimum atomic E-state index is -5.15. The average molecular weight is 287 g/mol. The number of nitrogens with zero attached hydrogens (tertiary/aromatic N) is 1. The Labute approximate surface area is 106 Å². The van der Waals surface area contributed by atoms with Crippen molar-refractivity contribution < 1.29 is 21.6 Å². The van der Waals surface area contributed by atoms with Gasteiger partial charge in [0.2, 0.25) is 0 Å². The topological polar surface area (TPSA) is 37.1 Å². The minimum Gasteiger partial charge on any atom is -0.203 e. The molecule has 1 fully saturated rings. The summed E-state index contributed by atoms with van der Waals surface area (Å²) in [5.74, 6) is 0. The summed E-state index contributed by atoms with van der Waals surface area (Å²) in [5.41, 5.74) is -5.15. The Hall–Kier alpha value is -0.300. The molecule has 1 rings (SSSR count). The van der Waals surface area contributed by atoms with Gasteiger partial charge in [-0.3, -0.25) is 0 Å². The lowest BCUT2D eigenvalue weighted by atomic mass is 10.1. The molecule has 3 nitrogen and oxygen atoms in total. The number of hydrogen-bond donors (Lipinski definition) is 0. The van der Waals surface area contributed by atoms with Crippen LogP contribution in [-0.4, -0.2) is 30.8 Å². The first kappa shape index (κ1) is 15.8. The van der Waals surface area contributed by atoms with E-state index in [0.717, 1.165) is 32.1 Å². The lowest BCUT2D eigenvalue weighted by molar-refractivity contribution is -0.0467. The summed E-state index contributed by atoms with van der Waals surface area (Å²) in [6.45, 7) is 2.14. The van der Waals surface area contributed by atoms with E-state index in [2.05, 4.69) is 6.92 Å². The van der Waals surface area contributed by atoms with Crippen molar-refractivity contribution >= 4 is 10.0 Å². The van der Waals surface area contributed by atoms with Gasteiger partial charge in [-0.05, 0) is 6.42 Å². The normalized spacial score (nSPS) is 24.2. The van der Waals surface area contributed by atoms with Gasteiger partial charge in [0.25, 0.3) is 0 Å². The predicted octanol–water partition coefficient (Wildman–Crippen LogP) is 3.27. The third-order valence-electron chi connectivity index (χ3n) is 3.16. The zero-order valence-electron chi connectivity index (χ0n) is 10.5. The molecule has 0 saturated carbocycles. The van der Waals surface area contributed by atoms with E-state index in [1.807, 2.05) is 0 Å². The van der Waals surface area contributed by atoms with Crippen molar-refractivity contribution in [3.63, 3.8) is 0 Å². The Morgan fingerprint density at radius 3 is 2.22 bits per heavy atom. The predicted molar refractivity (Wildman–Crippen MR) is 63.5 cm³/mol. The average Bonchev–Trinajstić information content (AvgIpc) is 3.01. The zero-order valence-corrected chi connectivity index (χ0v) is 11.4. The zero-order chi connectivity index (χ0) is 13.8. The molecule has 0 spiro atoms. The summed E-state index contributed by atoms with van der Waals surface area (Å²) in [6.07, 6.45) is 6.87. The van der Waals surface area contributed by atoms with Crippen LogP contribution in [0.4, 0.5) is 13.2 Å². The van der Waals surface area contributed by atoms with Crippen LogP contribution < -0.4 is 0 Å². The molecule has 18 heavy (non-hydrogen) atoms. The van der Waals surface area contributed by atoms with Crippen LogP contribution >= 0.6 is 0 Å². The third-order valence-corrected chi connectivity index (χ3v) is 4.81. The highest BCUT2D eigenvalue weighted by atomic mass is 32.2. The highest BCUT2D eigenvalue weighted by Crippen LogP contribution is 2.36. The molecule has 0 N–H and O–H groups in total. The van der Waals surface area contributed by atoms with Gasteiger partial charge in [0.1, 0.15) is 0 Å². The summed E-state index contributed by atoms with van der Waals surface area (Å²) in [4.78, 5) is 0. The highest BCUT2D eigenvalue weighted by Gasteiger charge is 2.57. The molecule has 0 radical (unpaired) electrons. The van der Waals surface area contributed by atoms with Crippen molar-refractivity contribution in [1.82, 2.24) is 4.31 Å². The lowest BCUT2D eigenvalue weighted by Gasteiger charge is -2.09. The third kappa shape index (κ3) is 4.12. The van der Waals surface area contributed by atoms with Gasteiger partial charge in [0, 0.05) is 12.6 Å². The van der Waals surface area contributed by atoms with Gasteiger partial charge in [-0.25, -0.2) is 8.42 Å². The van der Waals surface area contributed by atoms with Gasteiger partial charge in [-0.2, -0.15) is 17.5 Å². The number of rotatable bonds is 8. The second kappa shape index (κ2) is 6.23. The van der Waals surface area contributed by atoms with Crippen molar-refractivity contribution in [3.8, 4) is 0 Å². The Kier molecular flexibility index (Phi) is 5.46. The minimum absolute atomic E-state index is 0.0246. The fourth-order valence-electron chi connectivity index (χ4n) is 1.98. The molecule has 2 atom stereocenters. The first-order valence-corrected chi connectivity index (χ1v) is 7.83. The molecule has 7 heteroatoms. The van der Waals surface area contributed by atoms with Crippen LogP contribution in [0.25, 0.3) is 0 Å². The molecular weight excluding hydrogens is 267 g/mol. The standard InChI is InChI=1S/C11H20F3NO2S/c1-2-3-4-5-6-7-8-10-9-15(10)18(16,17)11(12,13)14/h10H,2-9H2,1H3/t10-,15?/m0/s1. The van der Waals surface area contributed by atoms with Gasteiger partial charge in [0.15, 0.2) is 0 Å². The van der Waals surface area contributed by atoms with Gasteiger partial charge in [-0.1, -0.05) is 45.4 Å². The number of halogens is 3. The maximum atomic E-state index is 12.2. The summed E-state index contributed by atoms with van der Waals surface area (Å²) < 4.78 is 59.1. The molecule has 0 amide bonds. The highest BCUT2D eigenvalue weighted by molar-refractivity contribution is 7.90. The van der Waals surface area contributed by atoms with Crippen molar-refractivity contribution in [2.75, 3.05) is 6.54 Å². The molecule has 1 heterocycles. The SMILES string of the molecule is CCCCCCCC[C@H]1CN1S(=O)(=O)C(F)(F)F. The summed E-state index contributed by atoms with van der Waals surface area (Å²) in [5, 5.41) is 0. The van der Waals surface area contributed by atoms with Crippen LogP contribution in [0.1, 0.15) is 51.9 Å². The van der Waals surface area contributed by atoms with Crippen LogP contribution in [0.3, 0.4) is 0 Å². The molecule has 1 aliphatic heterocycles. The van der Waals surface area contributed by atoms with E-state index in [0.29, 0.717) is 10.7 Å². The Morgan fingerprint density at radius 1 is 1.11 bits per heavy atom. The maximum absolute atomic E-state index is 12.2. The van der Waals surface area contributed by atoms with E-state index in [4.69, 9.17) is 0 Å². The van der Waals surface area contributed by atoms with Crippen molar-refractivity contribution in [1.29, 1.82) is 0 Å². The smallest absolute Gasteiger partial charge is 0.203 e. The number of hydrogen-bond acceptors (Lipinski definition) is 2. The lowest BCUT2D eigenvalue weighted by Crippen LogP contribution is -2.30. The van der Waals surface area contributed by atoms with E-state index < -0.39 is 21.6 Å². The quantitative estimate of drug-likeness (QED) is 0.507. The van der Waals surface area contributed by atoms with Crippen LogP contribution in [-0.2, 0) is 10.0 Å². The van der Waals surface area contributed by atoms with Crippen LogP contribution in [0.5, 0.6) is 0 Å². The Bertz CT molecular complexity index is 354. The molecule has 1 saturated heterocycles. The fourth-order valence-corrected chi connectivity index (χ4v) is 3.12. The van der Waals surface area contributed by atoms with E-state index in [-0.39, 0.29) is 6.54 Å². The summed E-state index contributed by atoms with van der Waals surface area (Å²) in [7, 11) is -5.07. The van der Waals surface area contributed by atoms with E-state index in [9.17, 15) is 21.6 Å². The summed E-state index contributed by atoms with van der Waals surface area (Å²) in [6, 6.07) is -0.428. The Morgan fingerprint density at radius 2 is 1.67 bits per heavy atom. The Balaban J connectivity index is 2.18.